The fourth-order valence-corrected chi connectivity index (χ4v) is 4.71. The lowest BCUT2D eigenvalue weighted by molar-refractivity contribution is 0.0526. The van der Waals surface area contributed by atoms with E-state index in [9.17, 15) is 9.59 Å². The van der Waals surface area contributed by atoms with Crippen LogP contribution in [-0.4, -0.2) is 47.3 Å². The van der Waals surface area contributed by atoms with Gasteiger partial charge in [0.25, 0.3) is 5.91 Å². The molecule has 7 nitrogen and oxygen atoms in total. The number of aromatic nitrogens is 2. The van der Waals surface area contributed by atoms with Gasteiger partial charge in [-0.05, 0) is 61.1 Å². The van der Waals surface area contributed by atoms with Crippen LogP contribution in [-0.2, 0) is 16.0 Å². The molecule has 1 atom stereocenters. The average Bonchev–Trinajstić information content (AvgIpc) is 3.58. The van der Waals surface area contributed by atoms with Crippen molar-refractivity contribution in [3.05, 3.63) is 89.7 Å². The molecular weight excluding hydrogens is 466 g/mol. The molecule has 0 spiro atoms. The second-order valence-corrected chi connectivity index (χ2v) is 9.19. The highest BCUT2D eigenvalue weighted by Crippen LogP contribution is 2.23. The van der Waals surface area contributed by atoms with Crippen molar-refractivity contribution in [2.24, 2.45) is 0 Å². The van der Waals surface area contributed by atoms with Gasteiger partial charge in [-0.25, -0.2) is 9.78 Å². The first kappa shape index (κ1) is 24.7. The van der Waals surface area contributed by atoms with Crippen molar-refractivity contribution in [2.45, 2.75) is 38.8 Å². The van der Waals surface area contributed by atoms with Gasteiger partial charge in [0.2, 0.25) is 0 Å². The fraction of sp³-hybridized carbons (Fsp3) is 0.300. The topological polar surface area (TPSA) is 82.4 Å². The van der Waals surface area contributed by atoms with Gasteiger partial charge in [-0.2, -0.15) is 0 Å². The standard InChI is InChI=1S/C30H31N3O4/c1-2-36-30(35)24-14-15-26-27(19-24)33(28(32-26)29(34)31-17-16-25-9-6-18-37-25)20-21-10-12-23(13-11-21)22-7-4-3-5-8-22/h3-5,7-8,10-15,19,25H,2,6,9,16-18,20H2,1H3,(H,31,34). The molecule has 1 amide bonds. The second-order valence-electron chi connectivity index (χ2n) is 9.19. The number of hydrogen-bond donors (Lipinski definition) is 1. The first-order chi connectivity index (χ1) is 18.1. The summed E-state index contributed by atoms with van der Waals surface area (Å²) in [6, 6.07) is 23.7. The Morgan fingerprint density at radius 1 is 1.05 bits per heavy atom. The average molecular weight is 498 g/mol. The molecule has 1 aliphatic rings. The van der Waals surface area contributed by atoms with Crippen molar-refractivity contribution in [3.63, 3.8) is 0 Å². The number of imidazole rings is 1. The Balaban J connectivity index is 1.43. The van der Waals surface area contributed by atoms with E-state index in [1.54, 1.807) is 25.1 Å². The number of hydrogen-bond acceptors (Lipinski definition) is 5. The molecule has 37 heavy (non-hydrogen) atoms. The molecule has 1 aromatic heterocycles. The van der Waals surface area contributed by atoms with Gasteiger partial charge in [0.1, 0.15) is 0 Å². The van der Waals surface area contributed by atoms with Gasteiger partial charge in [-0.1, -0.05) is 54.6 Å². The summed E-state index contributed by atoms with van der Waals surface area (Å²) in [5.74, 6) is -0.324. The molecular formula is C30H31N3O4. The summed E-state index contributed by atoms with van der Waals surface area (Å²) in [4.78, 5) is 30.3. The van der Waals surface area contributed by atoms with E-state index in [1.807, 2.05) is 22.8 Å². The highest BCUT2D eigenvalue weighted by atomic mass is 16.5. The Kier molecular flexibility index (Phi) is 7.61. The molecule has 1 N–H and O–H groups in total. The van der Waals surface area contributed by atoms with Gasteiger partial charge in [0.05, 0.1) is 29.3 Å². The van der Waals surface area contributed by atoms with Crippen molar-refractivity contribution in [1.82, 2.24) is 14.9 Å². The van der Waals surface area contributed by atoms with E-state index in [2.05, 4.69) is 46.7 Å². The highest BCUT2D eigenvalue weighted by molar-refractivity contribution is 5.98. The number of nitrogens with zero attached hydrogens (tertiary/aromatic N) is 2. The Morgan fingerprint density at radius 2 is 1.84 bits per heavy atom. The summed E-state index contributed by atoms with van der Waals surface area (Å²) >= 11 is 0. The van der Waals surface area contributed by atoms with Gasteiger partial charge in [0.15, 0.2) is 5.82 Å². The van der Waals surface area contributed by atoms with Crippen LogP contribution < -0.4 is 5.32 Å². The molecule has 2 heterocycles. The summed E-state index contributed by atoms with van der Waals surface area (Å²) in [5, 5.41) is 3.01. The molecule has 0 bridgehead atoms. The number of benzene rings is 3. The minimum Gasteiger partial charge on any atom is -0.462 e. The van der Waals surface area contributed by atoms with E-state index in [1.165, 1.54) is 0 Å². The Labute approximate surface area is 216 Å². The fourth-order valence-electron chi connectivity index (χ4n) is 4.71. The van der Waals surface area contributed by atoms with Crippen molar-refractivity contribution >= 4 is 22.9 Å². The number of esters is 1. The maximum atomic E-state index is 13.2. The molecule has 1 saturated heterocycles. The Hall–Kier alpha value is -3.97. The largest absolute Gasteiger partial charge is 0.462 e. The zero-order valence-electron chi connectivity index (χ0n) is 21.0. The predicted molar refractivity (Wildman–Crippen MR) is 143 cm³/mol. The zero-order chi connectivity index (χ0) is 25.6. The molecule has 190 valence electrons. The molecule has 1 aliphatic heterocycles. The Bertz CT molecular complexity index is 1370. The minimum atomic E-state index is -0.396. The first-order valence-corrected chi connectivity index (χ1v) is 12.8. The van der Waals surface area contributed by atoms with Gasteiger partial charge in [-0.3, -0.25) is 4.79 Å². The number of fused-ring (bicyclic) bond motifs is 1. The van der Waals surface area contributed by atoms with E-state index < -0.39 is 5.97 Å². The second kappa shape index (κ2) is 11.4. The van der Waals surface area contributed by atoms with Gasteiger partial charge < -0.3 is 19.4 Å². The summed E-state index contributed by atoms with van der Waals surface area (Å²) in [6.45, 7) is 3.82. The number of carbonyl (C=O) groups excluding carboxylic acids is 2. The molecule has 4 aromatic rings. The molecule has 1 fully saturated rings. The van der Waals surface area contributed by atoms with E-state index in [-0.39, 0.29) is 12.0 Å². The number of amides is 1. The number of carbonyl (C=O) groups is 2. The number of rotatable bonds is 9. The van der Waals surface area contributed by atoms with Crippen LogP contribution in [0.2, 0.25) is 0 Å². The molecule has 1 unspecified atom stereocenters. The lowest BCUT2D eigenvalue weighted by Gasteiger charge is -2.12. The third kappa shape index (κ3) is 5.73. The van der Waals surface area contributed by atoms with Crippen molar-refractivity contribution in [3.8, 4) is 11.1 Å². The van der Waals surface area contributed by atoms with Crippen molar-refractivity contribution < 1.29 is 19.1 Å². The summed E-state index contributed by atoms with van der Waals surface area (Å²) in [6.07, 6.45) is 3.08. The van der Waals surface area contributed by atoms with Gasteiger partial charge in [-0.15, -0.1) is 0 Å². The van der Waals surface area contributed by atoms with Crippen LogP contribution in [0.4, 0.5) is 0 Å². The summed E-state index contributed by atoms with van der Waals surface area (Å²) in [7, 11) is 0. The monoisotopic (exact) mass is 497 g/mol. The number of nitrogens with one attached hydrogen (secondary N) is 1. The van der Waals surface area contributed by atoms with E-state index in [4.69, 9.17) is 9.47 Å². The van der Waals surface area contributed by atoms with Crippen molar-refractivity contribution in [1.29, 1.82) is 0 Å². The molecule has 0 aliphatic carbocycles. The molecule has 7 heteroatoms. The van der Waals surface area contributed by atoms with Crippen LogP contribution in [0.5, 0.6) is 0 Å². The van der Waals surface area contributed by atoms with Gasteiger partial charge >= 0.3 is 5.97 Å². The first-order valence-electron chi connectivity index (χ1n) is 12.8. The number of ether oxygens (including phenoxy) is 2. The minimum absolute atomic E-state index is 0.203. The zero-order valence-corrected chi connectivity index (χ0v) is 21.0. The van der Waals surface area contributed by atoms with Crippen LogP contribution >= 0.6 is 0 Å². The lowest BCUT2D eigenvalue weighted by atomic mass is 10.0. The van der Waals surface area contributed by atoms with Crippen LogP contribution in [0.15, 0.2) is 72.8 Å². The maximum absolute atomic E-state index is 13.2. The van der Waals surface area contributed by atoms with Crippen LogP contribution in [0, 0.1) is 0 Å². The van der Waals surface area contributed by atoms with Crippen LogP contribution in [0.3, 0.4) is 0 Å². The summed E-state index contributed by atoms with van der Waals surface area (Å²) in [5.41, 5.74) is 5.08. The van der Waals surface area contributed by atoms with Gasteiger partial charge in [0, 0.05) is 19.7 Å². The summed E-state index contributed by atoms with van der Waals surface area (Å²) < 4.78 is 12.7. The van der Waals surface area contributed by atoms with E-state index in [0.717, 1.165) is 42.6 Å². The quantitative estimate of drug-likeness (QED) is 0.320. The Morgan fingerprint density at radius 3 is 2.57 bits per heavy atom. The molecule has 3 aromatic carbocycles. The third-order valence-corrected chi connectivity index (χ3v) is 6.64. The smallest absolute Gasteiger partial charge is 0.338 e. The molecule has 0 saturated carbocycles. The van der Waals surface area contributed by atoms with Crippen LogP contribution in [0.1, 0.15) is 52.7 Å². The normalized spacial score (nSPS) is 15.1. The third-order valence-electron chi connectivity index (χ3n) is 6.64. The van der Waals surface area contributed by atoms with E-state index in [0.29, 0.717) is 42.1 Å². The van der Waals surface area contributed by atoms with Crippen molar-refractivity contribution in [2.75, 3.05) is 19.8 Å². The molecule has 5 rings (SSSR count). The van der Waals surface area contributed by atoms with E-state index >= 15 is 0 Å². The lowest BCUT2D eigenvalue weighted by Crippen LogP contribution is -2.29. The maximum Gasteiger partial charge on any atom is 0.338 e. The molecule has 0 radical (unpaired) electrons. The predicted octanol–water partition coefficient (Wildman–Crippen LogP) is 5.23. The van der Waals surface area contributed by atoms with Crippen LogP contribution in [0.25, 0.3) is 22.2 Å². The highest BCUT2D eigenvalue weighted by Gasteiger charge is 2.21. The SMILES string of the molecule is CCOC(=O)c1ccc2nc(C(=O)NCCC3CCCO3)n(Cc3ccc(-c4ccccc4)cc3)c2c1.